The van der Waals surface area contributed by atoms with E-state index in [2.05, 4.69) is 5.32 Å². The van der Waals surface area contributed by atoms with Crippen molar-refractivity contribution < 1.29 is 24.6 Å². The zero-order valence-electron chi connectivity index (χ0n) is 10.0. The van der Waals surface area contributed by atoms with Gasteiger partial charge >= 0.3 is 11.9 Å². The molecule has 0 heterocycles. The first-order chi connectivity index (χ1) is 8.34. The van der Waals surface area contributed by atoms with Crippen molar-refractivity contribution in [3.8, 4) is 0 Å². The predicted molar refractivity (Wildman–Crippen MR) is 61.8 cm³/mol. The Labute approximate surface area is 104 Å². The molecule has 5 N–H and O–H groups in total. The van der Waals surface area contributed by atoms with E-state index >= 15 is 0 Å². The first kappa shape index (κ1) is 14.4. The van der Waals surface area contributed by atoms with Crippen molar-refractivity contribution in [2.24, 2.45) is 11.1 Å². The van der Waals surface area contributed by atoms with E-state index in [9.17, 15) is 14.4 Å². The fourth-order valence-electron chi connectivity index (χ4n) is 2.10. The molecule has 1 rings (SSSR count). The summed E-state index contributed by atoms with van der Waals surface area (Å²) >= 11 is 0. The van der Waals surface area contributed by atoms with Gasteiger partial charge < -0.3 is 21.3 Å². The van der Waals surface area contributed by atoms with Crippen LogP contribution in [0.5, 0.6) is 0 Å². The highest BCUT2D eigenvalue weighted by Crippen LogP contribution is 2.43. The van der Waals surface area contributed by atoms with Crippen molar-refractivity contribution in [3.05, 3.63) is 0 Å². The Morgan fingerprint density at radius 3 is 2.22 bits per heavy atom. The Bertz CT molecular complexity index is 351. The molecule has 0 aromatic rings. The summed E-state index contributed by atoms with van der Waals surface area (Å²) in [7, 11) is 0. The highest BCUT2D eigenvalue weighted by atomic mass is 16.4. The van der Waals surface area contributed by atoms with Crippen molar-refractivity contribution in [3.63, 3.8) is 0 Å². The van der Waals surface area contributed by atoms with Crippen LogP contribution in [-0.2, 0) is 14.4 Å². The lowest BCUT2D eigenvalue weighted by atomic mass is 9.66. The molecule has 1 aliphatic carbocycles. The fraction of sp³-hybridized carbons (Fsp3) is 0.727. The Balaban J connectivity index is 2.41. The van der Waals surface area contributed by atoms with Crippen LogP contribution in [-0.4, -0.2) is 40.6 Å². The third kappa shape index (κ3) is 3.99. The normalized spacial score (nSPS) is 18.5. The van der Waals surface area contributed by atoms with Crippen LogP contribution in [0.4, 0.5) is 0 Å². The lowest BCUT2D eigenvalue weighted by Gasteiger charge is -2.41. The lowest BCUT2D eigenvalue weighted by Crippen LogP contribution is -2.48. The zero-order chi connectivity index (χ0) is 13.8. The van der Waals surface area contributed by atoms with E-state index in [1.54, 1.807) is 0 Å². The minimum Gasteiger partial charge on any atom is -0.481 e. The second-order valence-corrected chi connectivity index (χ2v) is 4.85. The van der Waals surface area contributed by atoms with Gasteiger partial charge in [-0.25, -0.2) is 0 Å². The van der Waals surface area contributed by atoms with E-state index in [1.807, 2.05) is 0 Å². The van der Waals surface area contributed by atoms with E-state index < -0.39 is 30.3 Å². The second-order valence-electron chi connectivity index (χ2n) is 4.85. The third-order valence-corrected chi connectivity index (χ3v) is 3.31. The molecule has 7 nitrogen and oxygen atoms in total. The number of carbonyl (C=O) groups is 3. The summed E-state index contributed by atoms with van der Waals surface area (Å²) in [5, 5.41) is 19.8. The smallest absolute Gasteiger partial charge is 0.305 e. The molecule has 1 saturated carbocycles. The Hall–Kier alpha value is -1.63. The van der Waals surface area contributed by atoms with Gasteiger partial charge in [0.15, 0.2) is 0 Å². The minimum atomic E-state index is -1.14. The van der Waals surface area contributed by atoms with Gasteiger partial charge in [0.25, 0.3) is 0 Å². The number of hydrogen-bond donors (Lipinski definition) is 4. The van der Waals surface area contributed by atoms with Gasteiger partial charge in [-0.3, -0.25) is 14.4 Å². The number of carboxylic acid groups (broad SMARTS) is 2. The van der Waals surface area contributed by atoms with Gasteiger partial charge in [-0.15, -0.1) is 0 Å². The van der Waals surface area contributed by atoms with Gasteiger partial charge in [0, 0.05) is 6.54 Å². The van der Waals surface area contributed by atoms with Crippen LogP contribution in [0.15, 0.2) is 0 Å². The van der Waals surface area contributed by atoms with E-state index in [0.717, 1.165) is 19.3 Å². The molecule has 0 aromatic carbocycles. The van der Waals surface area contributed by atoms with Crippen LogP contribution < -0.4 is 11.1 Å². The van der Waals surface area contributed by atoms with Gasteiger partial charge in [-0.1, -0.05) is 6.42 Å². The fourth-order valence-corrected chi connectivity index (χ4v) is 2.10. The molecular weight excluding hydrogens is 240 g/mol. The maximum atomic E-state index is 11.5. The van der Waals surface area contributed by atoms with Crippen molar-refractivity contribution in [2.75, 3.05) is 6.54 Å². The SMILES string of the molecule is NC(CC(=O)O)C(=O)NCC1(CC(=O)O)CCC1. The van der Waals surface area contributed by atoms with Gasteiger partial charge in [-0.2, -0.15) is 0 Å². The number of amides is 1. The first-order valence-corrected chi connectivity index (χ1v) is 5.81. The maximum Gasteiger partial charge on any atom is 0.305 e. The third-order valence-electron chi connectivity index (χ3n) is 3.31. The Morgan fingerprint density at radius 2 is 1.83 bits per heavy atom. The molecule has 0 aliphatic heterocycles. The lowest BCUT2D eigenvalue weighted by molar-refractivity contribution is -0.142. The number of nitrogens with one attached hydrogen (secondary N) is 1. The number of aliphatic carboxylic acids is 2. The maximum absolute atomic E-state index is 11.5. The van der Waals surface area contributed by atoms with E-state index in [4.69, 9.17) is 15.9 Å². The van der Waals surface area contributed by atoms with Crippen LogP contribution in [0.1, 0.15) is 32.1 Å². The van der Waals surface area contributed by atoms with Gasteiger partial charge in [-0.05, 0) is 18.3 Å². The molecule has 0 radical (unpaired) electrons. The number of rotatable bonds is 7. The first-order valence-electron chi connectivity index (χ1n) is 5.81. The highest BCUT2D eigenvalue weighted by Gasteiger charge is 2.39. The average Bonchev–Trinajstić information content (AvgIpc) is 2.19. The summed E-state index contributed by atoms with van der Waals surface area (Å²) in [6.07, 6.45) is 2.05. The van der Waals surface area contributed by atoms with Gasteiger partial charge in [0.1, 0.15) is 0 Å². The minimum absolute atomic E-state index is 0.0153. The number of hydrogen-bond acceptors (Lipinski definition) is 4. The molecule has 0 spiro atoms. The van der Waals surface area contributed by atoms with Crippen LogP contribution in [0.3, 0.4) is 0 Å². The van der Waals surface area contributed by atoms with Crippen LogP contribution in [0.2, 0.25) is 0 Å². The van der Waals surface area contributed by atoms with Gasteiger partial charge in [0.05, 0.1) is 18.9 Å². The number of carbonyl (C=O) groups excluding carboxylic acids is 1. The number of nitrogens with two attached hydrogens (primary N) is 1. The molecule has 102 valence electrons. The van der Waals surface area contributed by atoms with E-state index in [-0.39, 0.29) is 18.4 Å². The second kappa shape index (κ2) is 5.81. The summed E-state index contributed by atoms with van der Waals surface area (Å²) in [6, 6.07) is -1.09. The van der Waals surface area contributed by atoms with Crippen molar-refractivity contribution >= 4 is 17.8 Å². The average molecular weight is 258 g/mol. The van der Waals surface area contributed by atoms with Crippen molar-refractivity contribution in [1.29, 1.82) is 0 Å². The molecule has 1 unspecified atom stereocenters. The molecule has 0 saturated heterocycles. The molecule has 7 heteroatoms. The monoisotopic (exact) mass is 258 g/mol. The molecular formula is C11H18N2O5. The summed E-state index contributed by atoms with van der Waals surface area (Å²) < 4.78 is 0. The highest BCUT2D eigenvalue weighted by molar-refractivity contribution is 5.85. The molecule has 1 atom stereocenters. The number of carboxylic acids is 2. The molecule has 18 heavy (non-hydrogen) atoms. The van der Waals surface area contributed by atoms with Crippen LogP contribution >= 0.6 is 0 Å². The summed E-state index contributed by atoms with van der Waals surface area (Å²) in [4.78, 5) is 32.6. The zero-order valence-corrected chi connectivity index (χ0v) is 10.0. The molecule has 1 aliphatic rings. The summed E-state index contributed by atoms with van der Waals surface area (Å²) in [5.41, 5.74) is 5.01. The molecule has 0 aromatic heterocycles. The largest absolute Gasteiger partial charge is 0.481 e. The molecule has 1 fully saturated rings. The predicted octanol–water partition coefficient (Wildman–Crippen LogP) is -0.450. The Kier molecular flexibility index (Phi) is 4.66. The van der Waals surface area contributed by atoms with Crippen LogP contribution in [0.25, 0.3) is 0 Å². The molecule has 0 bridgehead atoms. The van der Waals surface area contributed by atoms with Gasteiger partial charge in [0.2, 0.25) is 5.91 Å². The standard InChI is InChI=1S/C11H18N2O5/c12-7(4-8(14)15)10(18)13-6-11(2-1-3-11)5-9(16)17/h7H,1-6,12H2,(H,13,18)(H,14,15)(H,16,17). The molecule has 1 amide bonds. The Morgan fingerprint density at radius 1 is 1.22 bits per heavy atom. The summed E-state index contributed by atoms with van der Waals surface area (Å²) in [6.45, 7) is 0.242. The van der Waals surface area contributed by atoms with E-state index in [1.165, 1.54) is 0 Å². The van der Waals surface area contributed by atoms with Crippen molar-refractivity contribution in [1.82, 2.24) is 5.32 Å². The van der Waals surface area contributed by atoms with Crippen molar-refractivity contribution in [2.45, 2.75) is 38.1 Å². The van der Waals surface area contributed by atoms with E-state index in [0.29, 0.717) is 0 Å². The quantitative estimate of drug-likeness (QED) is 0.489. The summed E-state index contributed by atoms with van der Waals surface area (Å²) in [5.74, 6) is -2.57. The topological polar surface area (TPSA) is 130 Å². The van der Waals surface area contributed by atoms with Crippen LogP contribution in [0, 0.1) is 5.41 Å².